The molecule has 2 heterocycles. The van der Waals surface area contributed by atoms with E-state index in [-0.39, 0.29) is 21.7 Å². The Morgan fingerprint density at radius 1 is 0.323 bits per heavy atom. The summed E-state index contributed by atoms with van der Waals surface area (Å²) in [6.45, 7) is 26.8. The lowest BCUT2D eigenvalue weighted by molar-refractivity contribution is 0.410. The van der Waals surface area contributed by atoms with Crippen LogP contribution in [0.4, 0.5) is 0 Å². The maximum atomic E-state index is 6.37. The van der Waals surface area contributed by atoms with Gasteiger partial charge in [0.25, 0.3) is 0 Å². The molecule has 0 bridgehead atoms. The summed E-state index contributed by atoms with van der Waals surface area (Å²) >= 11 is 0. The smallest absolute Gasteiger partial charge is 0.136 e. The molecule has 0 unspecified atom stereocenters. The topological polar surface area (TPSA) is 62.7 Å². The first kappa shape index (κ1) is 44.2. The van der Waals surface area contributed by atoms with Crippen LogP contribution in [0, 0.1) is 0 Å². The third-order valence-electron chi connectivity index (χ3n) is 12.1. The Morgan fingerprint density at radius 3 is 0.935 bits per heavy atom. The predicted octanol–water partition coefficient (Wildman–Crippen LogP) is 14.7. The van der Waals surface area contributed by atoms with Crippen LogP contribution < -0.4 is 18.9 Å². The van der Waals surface area contributed by atoms with Crippen LogP contribution in [0.1, 0.15) is 105 Å². The van der Waals surface area contributed by atoms with Crippen LogP contribution in [-0.2, 0) is 21.7 Å². The van der Waals surface area contributed by atoms with Crippen molar-refractivity contribution < 1.29 is 18.9 Å². The number of rotatable bonds is 8. The largest absolute Gasteiger partial charge is 0.496 e. The zero-order chi connectivity index (χ0) is 45.1. The van der Waals surface area contributed by atoms with Gasteiger partial charge in [0.15, 0.2) is 0 Å². The molecule has 322 valence electrons. The van der Waals surface area contributed by atoms with Crippen molar-refractivity contribution in [3.63, 3.8) is 0 Å². The van der Waals surface area contributed by atoms with E-state index in [1.165, 1.54) is 11.1 Å². The van der Waals surface area contributed by atoms with E-state index in [4.69, 9.17) is 28.9 Å². The summed E-state index contributed by atoms with van der Waals surface area (Å²) in [7, 11) is 6.94. The molecule has 0 aliphatic heterocycles. The summed E-state index contributed by atoms with van der Waals surface area (Å²) in [5.41, 5.74) is 13.2. The van der Waals surface area contributed by atoms with Gasteiger partial charge in [0.1, 0.15) is 23.0 Å². The number of hydrogen-bond acceptors (Lipinski definition) is 6. The molecule has 5 aromatic carbocycles. The average molecular weight is 829 g/mol. The number of hydrogen-bond donors (Lipinski definition) is 0. The number of pyridine rings is 2. The van der Waals surface area contributed by atoms with Crippen LogP contribution in [0.5, 0.6) is 23.0 Å². The molecule has 0 atom stereocenters. The van der Waals surface area contributed by atoms with Crippen molar-refractivity contribution in [3.8, 4) is 67.8 Å². The van der Waals surface area contributed by atoms with E-state index >= 15 is 0 Å². The van der Waals surface area contributed by atoms with E-state index in [2.05, 4.69) is 180 Å². The van der Waals surface area contributed by atoms with Gasteiger partial charge in [-0.25, -0.2) is 9.97 Å². The SMILES string of the molecule is COc1ccc(C(C)(C)C)cc1-c1cc(C(C)(C)C)cc(-c2ccc3ccc4ccc(-c5cc(C(C)(C)C)cc(-c6cc(C(C)(C)C)ccc6OC)c5OC)nc4c3n2)c1OC. The molecular weight excluding hydrogens is 765 g/mol. The molecular formula is C56H64N2O4. The first-order valence-electron chi connectivity index (χ1n) is 21.6. The normalized spacial score (nSPS) is 12.5. The van der Waals surface area contributed by atoms with Crippen LogP contribution in [-0.4, -0.2) is 38.4 Å². The highest BCUT2D eigenvalue weighted by Gasteiger charge is 2.27. The molecule has 62 heavy (non-hydrogen) atoms. The quantitative estimate of drug-likeness (QED) is 0.142. The van der Waals surface area contributed by atoms with Gasteiger partial charge in [-0.05, 0) is 105 Å². The Kier molecular flexibility index (Phi) is 11.5. The van der Waals surface area contributed by atoms with Gasteiger partial charge < -0.3 is 18.9 Å². The molecule has 0 fully saturated rings. The van der Waals surface area contributed by atoms with Gasteiger partial charge in [0.05, 0.1) is 50.9 Å². The van der Waals surface area contributed by atoms with E-state index in [1.807, 2.05) is 0 Å². The van der Waals surface area contributed by atoms with E-state index in [0.717, 1.165) is 101 Å². The molecule has 0 saturated heterocycles. The fourth-order valence-electron chi connectivity index (χ4n) is 8.18. The van der Waals surface area contributed by atoms with Gasteiger partial charge in [-0.1, -0.05) is 119 Å². The van der Waals surface area contributed by atoms with Crippen molar-refractivity contribution in [3.05, 3.63) is 119 Å². The standard InChI is InChI=1S/C56H64N2O4/c1-53(2,3)35-21-25-47(59-13)39(27-35)41-29-37(55(7,8)9)31-43(51(41)61-15)45-23-19-33-17-18-34-20-24-46(58-50(34)49(33)57-45)44-32-38(56(10,11)12)30-42(52(44)62-16)40-28-36(54(4,5)6)22-26-48(40)60-14/h17-32H,1-16H3. The minimum absolute atomic E-state index is 0.0601. The Bertz CT molecular complexity index is 2630. The van der Waals surface area contributed by atoms with Gasteiger partial charge in [-0.2, -0.15) is 0 Å². The molecule has 0 N–H and O–H groups in total. The van der Waals surface area contributed by atoms with Crippen molar-refractivity contribution in [2.75, 3.05) is 28.4 Å². The highest BCUT2D eigenvalue weighted by atomic mass is 16.5. The maximum absolute atomic E-state index is 6.37. The molecule has 6 heteroatoms. The Morgan fingerprint density at radius 2 is 0.629 bits per heavy atom. The van der Waals surface area contributed by atoms with Gasteiger partial charge in [0, 0.05) is 44.2 Å². The minimum atomic E-state index is -0.164. The van der Waals surface area contributed by atoms with Crippen molar-refractivity contribution in [2.24, 2.45) is 0 Å². The fourth-order valence-corrected chi connectivity index (χ4v) is 8.18. The lowest BCUT2D eigenvalue weighted by atomic mass is 9.81. The summed E-state index contributed by atoms with van der Waals surface area (Å²) in [6, 6.07) is 34.6. The highest BCUT2D eigenvalue weighted by molar-refractivity contribution is 6.04. The number of benzene rings is 5. The monoisotopic (exact) mass is 828 g/mol. The summed E-state index contributed by atoms with van der Waals surface area (Å²) in [4.78, 5) is 10.9. The third-order valence-corrected chi connectivity index (χ3v) is 12.1. The molecule has 0 aliphatic carbocycles. The molecule has 7 rings (SSSR count). The molecule has 0 spiro atoms. The molecule has 6 nitrogen and oxygen atoms in total. The van der Waals surface area contributed by atoms with E-state index in [1.54, 1.807) is 28.4 Å². The summed E-state index contributed by atoms with van der Waals surface area (Å²) in [5, 5.41) is 1.99. The number of ether oxygens (including phenoxy) is 4. The molecule has 7 aromatic rings. The number of aromatic nitrogens is 2. The van der Waals surface area contributed by atoms with Crippen molar-refractivity contribution >= 4 is 21.8 Å². The predicted molar refractivity (Wildman–Crippen MR) is 260 cm³/mol. The minimum Gasteiger partial charge on any atom is -0.496 e. The molecule has 0 aliphatic rings. The first-order chi connectivity index (χ1) is 29.1. The van der Waals surface area contributed by atoms with Crippen molar-refractivity contribution in [1.82, 2.24) is 9.97 Å². The van der Waals surface area contributed by atoms with Gasteiger partial charge in [-0.15, -0.1) is 0 Å². The van der Waals surface area contributed by atoms with Crippen molar-refractivity contribution in [1.29, 1.82) is 0 Å². The van der Waals surface area contributed by atoms with Crippen LogP contribution in [0.15, 0.2) is 97.1 Å². The second-order valence-electron chi connectivity index (χ2n) is 20.6. The van der Waals surface area contributed by atoms with Gasteiger partial charge in [0.2, 0.25) is 0 Å². The van der Waals surface area contributed by atoms with E-state index in [9.17, 15) is 0 Å². The summed E-state index contributed by atoms with van der Waals surface area (Å²) < 4.78 is 24.8. The van der Waals surface area contributed by atoms with Crippen LogP contribution in [0.25, 0.3) is 66.6 Å². The van der Waals surface area contributed by atoms with Gasteiger partial charge in [-0.3, -0.25) is 0 Å². The van der Waals surface area contributed by atoms with Crippen LogP contribution in [0.3, 0.4) is 0 Å². The molecule has 0 saturated carbocycles. The van der Waals surface area contributed by atoms with E-state index in [0.29, 0.717) is 0 Å². The number of fused-ring (bicyclic) bond motifs is 3. The van der Waals surface area contributed by atoms with E-state index < -0.39 is 0 Å². The van der Waals surface area contributed by atoms with Crippen LogP contribution in [0.2, 0.25) is 0 Å². The third kappa shape index (κ3) is 8.36. The Labute approximate surface area is 369 Å². The molecule has 2 aromatic heterocycles. The van der Waals surface area contributed by atoms with Gasteiger partial charge >= 0.3 is 0 Å². The molecule has 0 radical (unpaired) electrons. The second kappa shape index (κ2) is 16.1. The first-order valence-corrected chi connectivity index (χ1v) is 21.6. The van der Waals surface area contributed by atoms with Crippen LogP contribution >= 0.6 is 0 Å². The Balaban J connectivity index is 1.49. The summed E-state index contributed by atoms with van der Waals surface area (Å²) in [6.07, 6.45) is 0. The number of nitrogens with zero attached hydrogens (tertiary/aromatic N) is 2. The highest BCUT2D eigenvalue weighted by Crippen LogP contribution is 2.48. The van der Waals surface area contributed by atoms with Crippen molar-refractivity contribution in [2.45, 2.75) is 105 Å². The fraction of sp³-hybridized carbons (Fsp3) is 0.357. The molecule has 0 amide bonds. The lowest BCUT2D eigenvalue weighted by Gasteiger charge is -2.26. The Hall–Kier alpha value is -5.88. The zero-order valence-electron chi connectivity index (χ0n) is 39.8. The number of methoxy groups -OCH3 is 4. The summed E-state index contributed by atoms with van der Waals surface area (Å²) in [5.74, 6) is 3.06. The maximum Gasteiger partial charge on any atom is 0.136 e. The second-order valence-corrected chi connectivity index (χ2v) is 20.6. The lowest BCUT2D eigenvalue weighted by Crippen LogP contribution is -2.13. The zero-order valence-corrected chi connectivity index (χ0v) is 39.8. The average Bonchev–Trinajstić information content (AvgIpc) is 3.23.